The predicted octanol–water partition coefficient (Wildman–Crippen LogP) is 3.86. The smallest absolute Gasteiger partial charge is 0.277 e. The number of nitrogens with zero attached hydrogens (tertiary/aromatic N) is 2. The minimum Gasteiger partial charge on any atom is -0.414 e. The molecule has 0 atom stereocenters. The highest BCUT2D eigenvalue weighted by molar-refractivity contribution is 7.99. The number of nitrogens with one attached hydrogen (secondary N) is 2. The van der Waals surface area contributed by atoms with Gasteiger partial charge in [-0.1, -0.05) is 30.0 Å². The number of hydrogen-bond acceptors (Lipinski definition) is 6. The lowest BCUT2D eigenvalue weighted by Crippen LogP contribution is -2.14. The van der Waals surface area contributed by atoms with Crippen molar-refractivity contribution < 1.29 is 13.6 Å². The van der Waals surface area contributed by atoms with E-state index in [0.29, 0.717) is 17.7 Å². The fourth-order valence-electron chi connectivity index (χ4n) is 2.14. The summed E-state index contributed by atoms with van der Waals surface area (Å²) >= 11 is 1.17. The Labute approximate surface area is 154 Å². The van der Waals surface area contributed by atoms with Crippen molar-refractivity contribution in [2.45, 2.75) is 18.7 Å². The van der Waals surface area contributed by atoms with Crippen LogP contribution in [0.1, 0.15) is 11.5 Å². The van der Waals surface area contributed by atoms with E-state index in [1.165, 1.54) is 23.9 Å². The van der Waals surface area contributed by atoms with Gasteiger partial charge >= 0.3 is 0 Å². The first-order valence-electron chi connectivity index (χ1n) is 7.90. The molecule has 1 heterocycles. The van der Waals surface area contributed by atoms with Gasteiger partial charge in [-0.15, -0.1) is 10.2 Å². The van der Waals surface area contributed by atoms with E-state index in [2.05, 4.69) is 20.8 Å². The number of amides is 1. The average molecular weight is 372 g/mol. The number of benzene rings is 2. The molecule has 0 unspecified atom stereocenters. The van der Waals surface area contributed by atoms with E-state index in [1.807, 2.05) is 31.2 Å². The molecule has 3 rings (SSSR count). The Balaban J connectivity index is 1.46. The molecule has 0 aliphatic heterocycles. The van der Waals surface area contributed by atoms with E-state index < -0.39 is 0 Å². The first kappa shape index (κ1) is 17.9. The number of aromatic nitrogens is 2. The lowest BCUT2D eigenvalue weighted by molar-refractivity contribution is -0.113. The average Bonchev–Trinajstić information content (AvgIpc) is 3.09. The van der Waals surface area contributed by atoms with E-state index >= 15 is 0 Å². The zero-order chi connectivity index (χ0) is 18.4. The molecule has 1 aromatic heterocycles. The van der Waals surface area contributed by atoms with Gasteiger partial charge in [0.2, 0.25) is 11.8 Å². The third-order valence-electron chi connectivity index (χ3n) is 3.48. The minimum atomic E-state index is -0.295. The van der Waals surface area contributed by atoms with Crippen LogP contribution in [0.25, 0.3) is 0 Å². The molecule has 0 aliphatic rings. The van der Waals surface area contributed by atoms with Crippen molar-refractivity contribution in [1.29, 1.82) is 0 Å². The second kappa shape index (κ2) is 8.48. The maximum atomic E-state index is 12.9. The Kier molecular flexibility index (Phi) is 5.85. The predicted molar refractivity (Wildman–Crippen MR) is 98.6 cm³/mol. The van der Waals surface area contributed by atoms with Crippen molar-refractivity contribution in [1.82, 2.24) is 10.2 Å². The lowest BCUT2D eigenvalue weighted by Gasteiger charge is -2.06. The number of hydrogen-bond donors (Lipinski definition) is 2. The molecule has 3 aromatic rings. The van der Waals surface area contributed by atoms with Gasteiger partial charge in [0.1, 0.15) is 5.82 Å². The number of carbonyl (C=O) groups is 1. The standard InChI is InChI=1S/C18H17FN4O2S/c1-12-4-2-3-5-15(12)21-16(24)11-26-18-23-22-17(25-18)10-20-14-8-6-13(19)7-9-14/h2-9,20H,10-11H2,1H3,(H,21,24). The molecule has 1 amide bonds. The fourth-order valence-corrected chi connectivity index (χ4v) is 2.72. The van der Waals surface area contributed by atoms with E-state index in [-0.39, 0.29) is 17.5 Å². The summed E-state index contributed by atoms with van der Waals surface area (Å²) < 4.78 is 18.3. The summed E-state index contributed by atoms with van der Waals surface area (Å²) in [5.74, 6) is 0.113. The quantitative estimate of drug-likeness (QED) is 0.613. The molecular weight excluding hydrogens is 355 g/mol. The first-order valence-corrected chi connectivity index (χ1v) is 8.89. The number of anilines is 2. The van der Waals surface area contributed by atoms with Crippen LogP contribution in [0.2, 0.25) is 0 Å². The highest BCUT2D eigenvalue weighted by Crippen LogP contribution is 2.19. The van der Waals surface area contributed by atoms with E-state index in [4.69, 9.17) is 4.42 Å². The van der Waals surface area contributed by atoms with Gasteiger partial charge in [-0.2, -0.15) is 0 Å². The number of rotatable bonds is 7. The molecule has 0 aliphatic carbocycles. The Hall–Kier alpha value is -2.87. The molecule has 6 nitrogen and oxygen atoms in total. The molecule has 0 spiro atoms. The van der Waals surface area contributed by atoms with Crippen LogP contribution in [0, 0.1) is 12.7 Å². The van der Waals surface area contributed by atoms with Crippen molar-refractivity contribution in [3.05, 3.63) is 65.8 Å². The van der Waals surface area contributed by atoms with Crippen LogP contribution in [0.4, 0.5) is 15.8 Å². The molecule has 26 heavy (non-hydrogen) atoms. The minimum absolute atomic E-state index is 0.145. The largest absolute Gasteiger partial charge is 0.414 e. The molecule has 0 bridgehead atoms. The van der Waals surface area contributed by atoms with Crippen LogP contribution < -0.4 is 10.6 Å². The van der Waals surface area contributed by atoms with Gasteiger partial charge in [-0.3, -0.25) is 4.79 Å². The van der Waals surface area contributed by atoms with Gasteiger partial charge < -0.3 is 15.1 Å². The maximum absolute atomic E-state index is 12.9. The molecule has 0 saturated heterocycles. The molecule has 134 valence electrons. The summed E-state index contributed by atoms with van der Waals surface area (Å²) in [6, 6.07) is 13.5. The van der Waals surface area contributed by atoms with E-state index in [9.17, 15) is 9.18 Å². The second-order valence-corrected chi connectivity index (χ2v) is 6.40. The van der Waals surface area contributed by atoms with Gasteiger partial charge in [0.05, 0.1) is 12.3 Å². The number of aryl methyl sites for hydroxylation is 1. The lowest BCUT2D eigenvalue weighted by atomic mass is 10.2. The van der Waals surface area contributed by atoms with Crippen LogP contribution in [-0.2, 0) is 11.3 Å². The monoisotopic (exact) mass is 372 g/mol. The molecule has 8 heteroatoms. The summed E-state index contributed by atoms with van der Waals surface area (Å²) in [6.07, 6.45) is 0. The Bertz CT molecular complexity index is 883. The van der Waals surface area contributed by atoms with Gasteiger partial charge in [-0.05, 0) is 42.8 Å². The summed E-state index contributed by atoms with van der Waals surface area (Å²) in [5, 5.41) is 14.0. The van der Waals surface area contributed by atoms with Crippen LogP contribution >= 0.6 is 11.8 Å². The third kappa shape index (κ3) is 5.06. The van der Waals surface area contributed by atoms with Crippen LogP contribution in [0.5, 0.6) is 0 Å². The van der Waals surface area contributed by atoms with E-state index in [0.717, 1.165) is 16.9 Å². The van der Waals surface area contributed by atoms with Crippen LogP contribution in [0.3, 0.4) is 0 Å². The van der Waals surface area contributed by atoms with Gasteiger partial charge in [0.25, 0.3) is 5.22 Å². The number of para-hydroxylation sites is 1. The first-order chi connectivity index (χ1) is 12.6. The van der Waals surface area contributed by atoms with Gasteiger partial charge in [0.15, 0.2) is 0 Å². The van der Waals surface area contributed by atoms with Crippen molar-refractivity contribution in [3.8, 4) is 0 Å². The Morgan fingerprint density at radius 1 is 1.15 bits per heavy atom. The van der Waals surface area contributed by atoms with Gasteiger partial charge in [-0.25, -0.2) is 4.39 Å². The number of halogens is 1. The molecule has 0 radical (unpaired) electrons. The summed E-state index contributed by atoms with van der Waals surface area (Å²) in [7, 11) is 0. The van der Waals surface area contributed by atoms with Crippen molar-refractivity contribution in [2.24, 2.45) is 0 Å². The van der Waals surface area contributed by atoms with Crippen molar-refractivity contribution in [3.63, 3.8) is 0 Å². The zero-order valence-electron chi connectivity index (χ0n) is 14.0. The second-order valence-electron chi connectivity index (χ2n) is 5.47. The van der Waals surface area contributed by atoms with Crippen molar-refractivity contribution >= 4 is 29.0 Å². The van der Waals surface area contributed by atoms with Gasteiger partial charge in [0, 0.05) is 11.4 Å². The topological polar surface area (TPSA) is 80.0 Å². The summed E-state index contributed by atoms with van der Waals surface area (Å²) in [4.78, 5) is 12.0. The Morgan fingerprint density at radius 3 is 2.69 bits per heavy atom. The normalized spacial score (nSPS) is 10.5. The summed E-state index contributed by atoms with van der Waals surface area (Å²) in [6.45, 7) is 2.25. The highest BCUT2D eigenvalue weighted by Gasteiger charge is 2.10. The SMILES string of the molecule is Cc1ccccc1NC(=O)CSc1nnc(CNc2ccc(F)cc2)o1. The van der Waals surface area contributed by atoms with Crippen LogP contribution in [-0.4, -0.2) is 21.9 Å². The third-order valence-corrected chi connectivity index (χ3v) is 4.30. The maximum Gasteiger partial charge on any atom is 0.277 e. The molecule has 0 saturated carbocycles. The summed E-state index contributed by atoms with van der Waals surface area (Å²) in [5.41, 5.74) is 2.53. The number of carbonyl (C=O) groups excluding carboxylic acids is 1. The van der Waals surface area contributed by atoms with Crippen LogP contribution in [0.15, 0.2) is 58.2 Å². The Morgan fingerprint density at radius 2 is 1.92 bits per heavy atom. The molecule has 0 fully saturated rings. The molecule has 2 N–H and O–H groups in total. The van der Waals surface area contributed by atoms with Crippen molar-refractivity contribution in [2.75, 3.05) is 16.4 Å². The number of thioether (sulfide) groups is 1. The van der Waals surface area contributed by atoms with E-state index in [1.54, 1.807) is 12.1 Å². The highest BCUT2D eigenvalue weighted by atomic mass is 32.2. The molecular formula is C18H17FN4O2S. The zero-order valence-corrected chi connectivity index (χ0v) is 14.8. The fraction of sp³-hybridized carbons (Fsp3) is 0.167. The molecule has 2 aromatic carbocycles.